The van der Waals surface area contributed by atoms with E-state index >= 15 is 0 Å². The lowest BCUT2D eigenvalue weighted by Gasteiger charge is -2.23. The number of nitrogens with one attached hydrogen (secondary N) is 2. The minimum atomic E-state index is -1.16. The second kappa shape index (κ2) is 7.30. The fourth-order valence-corrected chi connectivity index (χ4v) is 2.25. The van der Waals surface area contributed by atoms with Gasteiger partial charge in [-0.3, -0.25) is 9.59 Å². The van der Waals surface area contributed by atoms with Gasteiger partial charge in [0.1, 0.15) is 5.41 Å². The summed E-state index contributed by atoms with van der Waals surface area (Å²) in [5.74, 6) is -0.623. The van der Waals surface area contributed by atoms with Crippen LogP contribution in [0.2, 0.25) is 0 Å². The molecular weight excluding hydrogens is 300 g/mol. The number of aryl methyl sites for hydroxylation is 2. The predicted molar refractivity (Wildman–Crippen MR) is 96.6 cm³/mol. The summed E-state index contributed by atoms with van der Waals surface area (Å²) in [6.45, 7) is 7.64. The monoisotopic (exact) mass is 324 g/mol. The minimum Gasteiger partial charge on any atom is -0.351 e. The van der Waals surface area contributed by atoms with Crippen LogP contribution in [-0.4, -0.2) is 11.8 Å². The zero-order valence-corrected chi connectivity index (χ0v) is 14.6. The highest BCUT2D eigenvalue weighted by atomic mass is 16.2. The molecule has 24 heavy (non-hydrogen) atoms. The zero-order chi connectivity index (χ0) is 17.7. The fraction of sp³-hybridized carbons (Fsp3) is 0.300. The molecule has 0 spiro atoms. The standard InChI is InChI=1S/C20H24N2O2/c1-14-8-10-17(11-9-14)22-19(24)20(3,4)18(23)21-13-16-7-5-6-15(2)12-16/h5-12H,13H2,1-4H3,(H,21,23)(H,22,24). The van der Waals surface area contributed by atoms with Gasteiger partial charge in [0.05, 0.1) is 0 Å². The van der Waals surface area contributed by atoms with Gasteiger partial charge < -0.3 is 10.6 Å². The third-order valence-corrected chi connectivity index (χ3v) is 3.98. The normalized spacial score (nSPS) is 11.0. The van der Waals surface area contributed by atoms with Gasteiger partial charge in [0.15, 0.2) is 0 Å². The molecule has 2 aromatic carbocycles. The van der Waals surface area contributed by atoms with Crippen LogP contribution in [0.5, 0.6) is 0 Å². The molecule has 0 radical (unpaired) electrons. The van der Waals surface area contributed by atoms with Crippen LogP contribution in [0.1, 0.15) is 30.5 Å². The number of carbonyl (C=O) groups excluding carboxylic acids is 2. The van der Waals surface area contributed by atoms with Crippen molar-refractivity contribution in [1.29, 1.82) is 0 Å². The van der Waals surface area contributed by atoms with Crippen molar-refractivity contribution >= 4 is 17.5 Å². The third-order valence-electron chi connectivity index (χ3n) is 3.98. The van der Waals surface area contributed by atoms with Crippen LogP contribution in [0.15, 0.2) is 48.5 Å². The van der Waals surface area contributed by atoms with Gasteiger partial charge >= 0.3 is 0 Å². The molecule has 126 valence electrons. The molecule has 0 aliphatic carbocycles. The second-order valence-corrected chi connectivity index (χ2v) is 6.62. The Labute approximate surface area is 143 Å². The van der Waals surface area contributed by atoms with Crippen molar-refractivity contribution in [3.8, 4) is 0 Å². The Hall–Kier alpha value is -2.62. The van der Waals surface area contributed by atoms with Crippen LogP contribution in [0.25, 0.3) is 0 Å². The summed E-state index contributed by atoms with van der Waals surface area (Å²) in [7, 11) is 0. The van der Waals surface area contributed by atoms with E-state index in [1.807, 2.05) is 62.4 Å². The summed E-state index contributed by atoms with van der Waals surface area (Å²) in [5, 5.41) is 5.64. The molecule has 0 aliphatic rings. The van der Waals surface area contributed by atoms with Crippen LogP contribution >= 0.6 is 0 Å². The first-order valence-electron chi connectivity index (χ1n) is 8.01. The van der Waals surface area contributed by atoms with Gasteiger partial charge in [0.2, 0.25) is 11.8 Å². The Bertz CT molecular complexity index is 734. The smallest absolute Gasteiger partial charge is 0.239 e. The molecule has 0 aromatic heterocycles. The van der Waals surface area contributed by atoms with E-state index in [1.165, 1.54) is 0 Å². The van der Waals surface area contributed by atoms with Crippen LogP contribution < -0.4 is 10.6 Å². The van der Waals surface area contributed by atoms with E-state index in [-0.39, 0.29) is 11.8 Å². The Morgan fingerprint density at radius 3 is 2.21 bits per heavy atom. The van der Waals surface area contributed by atoms with Gasteiger partial charge in [0, 0.05) is 12.2 Å². The first-order chi connectivity index (χ1) is 11.3. The van der Waals surface area contributed by atoms with E-state index in [0.29, 0.717) is 12.2 Å². The van der Waals surface area contributed by atoms with E-state index in [2.05, 4.69) is 10.6 Å². The van der Waals surface area contributed by atoms with Gasteiger partial charge in [-0.15, -0.1) is 0 Å². The molecule has 2 rings (SSSR count). The second-order valence-electron chi connectivity index (χ2n) is 6.62. The third kappa shape index (κ3) is 4.44. The molecule has 0 saturated heterocycles. The van der Waals surface area contributed by atoms with E-state index in [4.69, 9.17) is 0 Å². The number of benzene rings is 2. The van der Waals surface area contributed by atoms with Crippen LogP contribution in [-0.2, 0) is 16.1 Å². The summed E-state index contributed by atoms with van der Waals surface area (Å²) in [5.41, 5.74) is 2.79. The average Bonchev–Trinajstić information content (AvgIpc) is 2.54. The molecular formula is C20H24N2O2. The summed E-state index contributed by atoms with van der Waals surface area (Å²) in [6, 6.07) is 15.4. The maximum absolute atomic E-state index is 12.5. The van der Waals surface area contributed by atoms with Crippen molar-refractivity contribution in [1.82, 2.24) is 5.32 Å². The molecule has 0 aliphatic heterocycles. The van der Waals surface area contributed by atoms with Gasteiger partial charge in [-0.05, 0) is 45.4 Å². The molecule has 0 bridgehead atoms. The Balaban J connectivity index is 1.98. The quantitative estimate of drug-likeness (QED) is 0.826. The number of carbonyl (C=O) groups is 2. The van der Waals surface area contributed by atoms with E-state index in [0.717, 1.165) is 16.7 Å². The highest BCUT2D eigenvalue weighted by Crippen LogP contribution is 2.19. The van der Waals surface area contributed by atoms with Gasteiger partial charge in [0.25, 0.3) is 0 Å². The SMILES string of the molecule is Cc1ccc(NC(=O)C(C)(C)C(=O)NCc2cccc(C)c2)cc1. The average molecular weight is 324 g/mol. The van der Waals surface area contributed by atoms with Gasteiger partial charge in [-0.25, -0.2) is 0 Å². The van der Waals surface area contributed by atoms with Gasteiger partial charge in [-0.1, -0.05) is 47.5 Å². The molecule has 2 N–H and O–H groups in total. The van der Waals surface area contributed by atoms with E-state index in [1.54, 1.807) is 13.8 Å². The Morgan fingerprint density at radius 2 is 1.58 bits per heavy atom. The highest BCUT2D eigenvalue weighted by Gasteiger charge is 2.35. The lowest BCUT2D eigenvalue weighted by atomic mass is 9.90. The molecule has 0 saturated carbocycles. The topological polar surface area (TPSA) is 58.2 Å². The fourth-order valence-electron chi connectivity index (χ4n) is 2.25. The van der Waals surface area contributed by atoms with Crippen LogP contribution in [0, 0.1) is 19.3 Å². The molecule has 4 heteroatoms. The summed E-state index contributed by atoms with van der Waals surface area (Å²) < 4.78 is 0. The number of hydrogen-bond donors (Lipinski definition) is 2. The van der Waals surface area contributed by atoms with Crippen molar-refractivity contribution in [2.75, 3.05) is 5.32 Å². The predicted octanol–water partition coefficient (Wildman–Crippen LogP) is 3.58. The molecule has 0 unspecified atom stereocenters. The molecule has 2 amide bonds. The van der Waals surface area contributed by atoms with Crippen molar-refractivity contribution in [2.45, 2.75) is 34.2 Å². The van der Waals surface area contributed by atoms with Crippen LogP contribution in [0.3, 0.4) is 0 Å². The number of hydrogen-bond acceptors (Lipinski definition) is 2. The minimum absolute atomic E-state index is 0.298. The molecule has 0 heterocycles. The molecule has 2 aromatic rings. The number of anilines is 1. The lowest BCUT2D eigenvalue weighted by molar-refractivity contribution is -0.138. The summed E-state index contributed by atoms with van der Waals surface area (Å²) >= 11 is 0. The molecule has 0 atom stereocenters. The Kier molecular flexibility index (Phi) is 5.39. The molecule has 4 nitrogen and oxygen atoms in total. The first kappa shape index (κ1) is 17.7. The van der Waals surface area contributed by atoms with E-state index in [9.17, 15) is 9.59 Å². The Morgan fingerprint density at radius 1 is 0.917 bits per heavy atom. The van der Waals surface area contributed by atoms with Crippen molar-refractivity contribution < 1.29 is 9.59 Å². The largest absolute Gasteiger partial charge is 0.351 e. The van der Waals surface area contributed by atoms with E-state index < -0.39 is 5.41 Å². The first-order valence-corrected chi connectivity index (χ1v) is 8.01. The molecule has 0 fully saturated rings. The summed E-state index contributed by atoms with van der Waals surface area (Å²) in [6.07, 6.45) is 0. The van der Waals surface area contributed by atoms with Crippen molar-refractivity contribution in [2.24, 2.45) is 5.41 Å². The van der Waals surface area contributed by atoms with Gasteiger partial charge in [-0.2, -0.15) is 0 Å². The van der Waals surface area contributed by atoms with Crippen molar-refractivity contribution in [3.05, 3.63) is 65.2 Å². The summed E-state index contributed by atoms with van der Waals surface area (Å²) in [4.78, 5) is 24.9. The number of rotatable bonds is 5. The zero-order valence-electron chi connectivity index (χ0n) is 14.6. The number of amides is 2. The maximum Gasteiger partial charge on any atom is 0.239 e. The van der Waals surface area contributed by atoms with Crippen LogP contribution in [0.4, 0.5) is 5.69 Å². The maximum atomic E-state index is 12.5. The highest BCUT2D eigenvalue weighted by molar-refractivity contribution is 6.09. The van der Waals surface area contributed by atoms with Crippen molar-refractivity contribution in [3.63, 3.8) is 0 Å². The lowest BCUT2D eigenvalue weighted by Crippen LogP contribution is -2.44.